The van der Waals surface area contributed by atoms with Crippen molar-refractivity contribution in [2.75, 3.05) is 0 Å². The molecule has 0 amide bonds. The Balaban J connectivity index is 4.11. The van der Waals surface area contributed by atoms with E-state index in [1.165, 1.54) is 6.92 Å². The summed E-state index contributed by atoms with van der Waals surface area (Å²) in [6.45, 7) is 4.35. The zero-order chi connectivity index (χ0) is 9.94. The van der Waals surface area contributed by atoms with Crippen LogP contribution in [0.1, 0.15) is 20.8 Å². The molecular weight excluding hydrogens is 183 g/mol. The van der Waals surface area contributed by atoms with Crippen LogP contribution in [0.4, 0.5) is 0 Å². The molecule has 2 N–H and O–H groups in total. The Morgan fingerprint density at radius 3 is 2.00 bits per heavy atom. The van der Waals surface area contributed by atoms with Gasteiger partial charge in [0.1, 0.15) is 0 Å². The molecule has 0 aliphatic heterocycles. The molecular formula is C6H13O5P. The molecule has 1 unspecified atom stereocenters. The summed E-state index contributed by atoms with van der Waals surface area (Å²) in [6, 6.07) is 0. The standard InChI is InChI=1S/C6H13O5P/c1-4(2)6(7)11-5(3)12(8,9)10/h4-5H,1-3H3,(H2,8,9,10). The number of hydrogen-bond donors (Lipinski definition) is 2. The second kappa shape index (κ2) is 4.03. The van der Waals surface area contributed by atoms with Gasteiger partial charge in [-0.25, -0.2) is 0 Å². The van der Waals surface area contributed by atoms with Crippen LogP contribution in [0, 0.1) is 5.92 Å². The molecule has 0 spiro atoms. The van der Waals surface area contributed by atoms with E-state index in [0.717, 1.165) is 0 Å². The molecule has 0 saturated carbocycles. The fourth-order valence-corrected chi connectivity index (χ4v) is 0.614. The molecule has 5 nitrogen and oxygen atoms in total. The number of carbonyl (C=O) groups excluding carboxylic acids is 1. The molecule has 0 aromatic carbocycles. The molecule has 1 atom stereocenters. The van der Waals surface area contributed by atoms with Gasteiger partial charge in [-0.15, -0.1) is 0 Å². The van der Waals surface area contributed by atoms with Crippen molar-refractivity contribution in [2.45, 2.75) is 26.6 Å². The van der Waals surface area contributed by atoms with Crippen LogP contribution >= 0.6 is 7.60 Å². The molecule has 0 fully saturated rings. The van der Waals surface area contributed by atoms with Crippen LogP contribution in [-0.2, 0) is 14.1 Å². The lowest BCUT2D eigenvalue weighted by Crippen LogP contribution is -2.19. The normalized spacial score (nSPS) is 14.5. The maximum absolute atomic E-state index is 10.8. The third-order valence-electron chi connectivity index (χ3n) is 1.23. The van der Waals surface area contributed by atoms with Crippen LogP contribution < -0.4 is 0 Å². The largest absolute Gasteiger partial charge is 0.449 e. The summed E-state index contributed by atoms with van der Waals surface area (Å²) in [5.74, 6) is -2.34. The molecule has 0 radical (unpaired) electrons. The lowest BCUT2D eigenvalue weighted by Gasteiger charge is -2.15. The molecule has 0 aromatic rings. The Kier molecular flexibility index (Phi) is 3.90. The zero-order valence-electron chi connectivity index (χ0n) is 7.22. The second-order valence-corrected chi connectivity index (χ2v) is 4.69. The Bertz CT molecular complexity index is 206. The predicted octanol–water partition coefficient (Wildman–Crippen LogP) is 0.709. The van der Waals surface area contributed by atoms with E-state index in [-0.39, 0.29) is 5.92 Å². The molecule has 0 saturated heterocycles. The van der Waals surface area contributed by atoms with Gasteiger partial charge < -0.3 is 14.5 Å². The Hall–Kier alpha value is -0.380. The van der Waals surface area contributed by atoms with Gasteiger partial charge >= 0.3 is 13.6 Å². The smallest absolute Gasteiger partial charge is 0.365 e. The van der Waals surface area contributed by atoms with Gasteiger partial charge in [0.15, 0.2) is 5.85 Å². The van der Waals surface area contributed by atoms with Crippen molar-refractivity contribution >= 4 is 13.6 Å². The number of rotatable bonds is 3. The highest BCUT2D eigenvalue weighted by molar-refractivity contribution is 7.52. The molecule has 12 heavy (non-hydrogen) atoms. The van der Waals surface area contributed by atoms with Crippen LogP contribution in [-0.4, -0.2) is 21.6 Å². The topological polar surface area (TPSA) is 83.8 Å². The molecule has 0 aliphatic rings. The lowest BCUT2D eigenvalue weighted by molar-refractivity contribution is -0.149. The fraction of sp³-hybridized carbons (Fsp3) is 0.833. The van der Waals surface area contributed by atoms with Crippen molar-refractivity contribution in [3.8, 4) is 0 Å². The van der Waals surface area contributed by atoms with Crippen molar-refractivity contribution in [2.24, 2.45) is 5.92 Å². The molecule has 0 rings (SSSR count). The van der Waals surface area contributed by atoms with Gasteiger partial charge in [-0.3, -0.25) is 9.36 Å². The summed E-state index contributed by atoms with van der Waals surface area (Å²) in [7, 11) is -4.29. The van der Waals surface area contributed by atoms with Crippen LogP contribution in [0.5, 0.6) is 0 Å². The van der Waals surface area contributed by atoms with Gasteiger partial charge in [0.05, 0.1) is 5.92 Å². The van der Waals surface area contributed by atoms with Crippen LogP contribution in [0.2, 0.25) is 0 Å². The van der Waals surface area contributed by atoms with E-state index >= 15 is 0 Å². The van der Waals surface area contributed by atoms with Crippen LogP contribution in [0.25, 0.3) is 0 Å². The molecule has 6 heteroatoms. The highest BCUT2D eigenvalue weighted by atomic mass is 31.2. The van der Waals surface area contributed by atoms with E-state index < -0.39 is 19.4 Å². The quantitative estimate of drug-likeness (QED) is 0.513. The first-order chi connectivity index (χ1) is 5.25. The van der Waals surface area contributed by atoms with Crippen LogP contribution in [0.15, 0.2) is 0 Å². The first kappa shape index (κ1) is 11.6. The summed E-state index contributed by atoms with van der Waals surface area (Å²) >= 11 is 0. The highest BCUT2D eigenvalue weighted by Gasteiger charge is 2.28. The van der Waals surface area contributed by atoms with E-state index in [9.17, 15) is 9.36 Å². The molecule has 0 bridgehead atoms. The number of hydrogen-bond acceptors (Lipinski definition) is 3. The first-order valence-electron chi connectivity index (χ1n) is 3.51. The van der Waals surface area contributed by atoms with Crippen LogP contribution in [0.3, 0.4) is 0 Å². The summed E-state index contributed by atoms with van der Waals surface area (Å²) in [5.41, 5.74) is 0. The average molecular weight is 196 g/mol. The molecule has 0 aromatic heterocycles. The average Bonchev–Trinajstić information content (AvgIpc) is 1.85. The van der Waals surface area contributed by atoms with Crippen molar-refractivity contribution in [3.05, 3.63) is 0 Å². The SMILES string of the molecule is CC(C)C(=O)OC(C)P(=O)(O)O. The third-order valence-corrected chi connectivity index (χ3v) is 2.28. The second-order valence-electron chi connectivity index (χ2n) is 2.78. The number of carbonyl (C=O) groups is 1. The van der Waals surface area contributed by atoms with Gasteiger partial charge in [-0.1, -0.05) is 13.8 Å². The summed E-state index contributed by atoms with van der Waals surface area (Å²) in [5, 5.41) is 0. The first-order valence-corrected chi connectivity index (χ1v) is 5.19. The maximum atomic E-state index is 10.8. The number of esters is 1. The summed E-state index contributed by atoms with van der Waals surface area (Å²) in [6.07, 6.45) is 0. The summed E-state index contributed by atoms with van der Waals surface area (Å²) in [4.78, 5) is 27.9. The minimum absolute atomic E-state index is 0.376. The highest BCUT2D eigenvalue weighted by Crippen LogP contribution is 2.41. The number of ether oxygens (including phenoxy) is 1. The third kappa shape index (κ3) is 3.85. The van der Waals surface area contributed by atoms with Crippen molar-refractivity contribution in [3.63, 3.8) is 0 Å². The Morgan fingerprint density at radius 1 is 1.33 bits per heavy atom. The molecule has 0 aliphatic carbocycles. The van der Waals surface area contributed by atoms with Gasteiger partial charge in [0.25, 0.3) is 0 Å². The predicted molar refractivity (Wildman–Crippen MR) is 42.4 cm³/mol. The maximum Gasteiger partial charge on any atom is 0.365 e. The zero-order valence-corrected chi connectivity index (χ0v) is 8.12. The summed E-state index contributed by atoms with van der Waals surface area (Å²) < 4.78 is 15.0. The van der Waals surface area contributed by atoms with E-state index in [1.807, 2.05) is 0 Å². The minimum Gasteiger partial charge on any atom is -0.449 e. The Morgan fingerprint density at radius 2 is 1.75 bits per heavy atom. The van der Waals surface area contributed by atoms with E-state index in [0.29, 0.717) is 0 Å². The Labute approximate surface area is 70.9 Å². The van der Waals surface area contributed by atoms with E-state index in [4.69, 9.17) is 9.79 Å². The van der Waals surface area contributed by atoms with E-state index in [2.05, 4.69) is 4.74 Å². The van der Waals surface area contributed by atoms with Gasteiger partial charge in [-0.05, 0) is 6.92 Å². The van der Waals surface area contributed by atoms with E-state index in [1.54, 1.807) is 13.8 Å². The molecule has 0 heterocycles. The monoisotopic (exact) mass is 196 g/mol. The van der Waals surface area contributed by atoms with Gasteiger partial charge in [0, 0.05) is 0 Å². The van der Waals surface area contributed by atoms with Crippen molar-refractivity contribution in [1.82, 2.24) is 0 Å². The van der Waals surface area contributed by atoms with Gasteiger partial charge in [0.2, 0.25) is 0 Å². The van der Waals surface area contributed by atoms with Crippen molar-refractivity contribution < 1.29 is 23.9 Å². The van der Waals surface area contributed by atoms with Crippen molar-refractivity contribution in [1.29, 1.82) is 0 Å². The fourth-order valence-electron chi connectivity index (χ4n) is 0.373. The lowest BCUT2D eigenvalue weighted by atomic mass is 10.2. The molecule has 72 valence electrons. The minimum atomic E-state index is -4.29. The van der Waals surface area contributed by atoms with Gasteiger partial charge in [-0.2, -0.15) is 0 Å².